The number of benzene rings is 2. The lowest BCUT2D eigenvalue weighted by Gasteiger charge is -2.26. The average molecular weight is 351 g/mol. The molecule has 1 fully saturated rings. The van der Waals surface area contributed by atoms with Crippen LogP contribution in [0.5, 0.6) is 0 Å². The third-order valence-electron chi connectivity index (χ3n) is 4.79. The number of rotatable bonds is 5. The van der Waals surface area contributed by atoms with Crippen molar-refractivity contribution in [3.05, 3.63) is 65.5 Å². The van der Waals surface area contributed by atoms with Crippen molar-refractivity contribution in [2.75, 3.05) is 13.1 Å². The first-order chi connectivity index (χ1) is 12.8. The molecule has 0 N–H and O–H groups in total. The molecule has 1 aliphatic rings. The summed E-state index contributed by atoms with van der Waals surface area (Å²) in [7, 11) is 0. The van der Waals surface area contributed by atoms with E-state index in [2.05, 4.69) is 32.4 Å². The molecule has 1 saturated heterocycles. The maximum Gasteiger partial charge on any atom is 0.204 e. The Morgan fingerprint density at radius 1 is 0.885 bits per heavy atom. The van der Waals surface area contributed by atoms with Crippen LogP contribution in [0.4, 0.5) is 4.39 Å². The Kier molecular flexibility index (Phi) is 5.02. The summed E-state index contributed by atoms with van der Waals surface area (Å²) in [6, 6.07) is 15.0. The number of tetrazole rings is 1. The summed E-state index contributed by atoms with van der Waals surface area (Å²) in [5.41, 5.74) is 2.77. The maximum atomic E-state index is 13.7. The highest BCUT2D eigenvalue weighted by Gasteiger charge is 2.12. The van der Waals surface area contributed by atoms with Crippen LogP contribution >= 0.6 is 0 Å². The van der Waals surface area contributed by atoms with Crippen LogP contribution in [0.1, 0.15) is 30.4 Å². The van der Waals surface area contributed by atoms with Gasteiger partial charge in [-0.15, -0.1) is 10.2 Å². The second-order valence-electron chi connectivity index (χ2n) is 6.77. The van der Waals surface area contributed by atoms with E-state index in [0.717, 1.165) is 12.1 Å². The lowest BCUT2D eigenvalue weighted by atomic mass is 10.1. The fourth-order valence-electron chi connectivity index (χ4n) is 3.34. The van der Waals surface area contributed by atoms with Crippen LogP contribution in [-0.4, -0.2) is 38.2 Å². The molecule has 2 heterocycles. The van der Waals surface area contributed by atoms with E-state index in [-0.39, 0.29) is 12.4 Å². The van der Waals surface area contributed by atoms with E-state index in [9.17, 15) is 4.39 Å². The number of hydrogen-bond acceptors (Lipinski definition) is 4. The second kappa shape index (κ2) is 7.74. The standard InChI is InChI=1S/C20H22FN5/c21-19-7-3-2-6-18(19)15-26-23-20(22-24-26)17-10-8-16(9-11-17)14-25-12-4-1-5-13-25/h2-3,6-11H,1,4-5,12-15H2. The first-order valence-corrected chi connectivity index (χ1v) is 9.11. The Labute approximate surface area is 152 Å². The molecule has 1 aromatic heterocycles. The van der Waals surface area contributed by atoms with Crippen molar-refractivity contribution in [2.24, 2.45) is 0 Å². The molecule has 0 radical (unpaired) electrons. The summed E-state index contributed by atoms with van der Waals surface area (Å²) < 4.78 is 13.7. The number of aromatic nitrogens is 4. The predicted octanol–water partition coefficient (Wildman–Crippen LogP) is 3.51. The van der Waals surface area contributed by atoms with Crippen LogP contribution in [-0.2, 0) is 13.1 Å². The Bertz CT molecular complexity index is 853. The molecule has 0 amide bonds. The van der Waals surface area contributed by atoms with Gasteiger partial charge in [0.05, 0.1) is 6.54 Å². The van der Waals surface area contributed by atoms with Gasteiger partial charge in [-0.25, -0.2) is 4.39 Å². The van der Waals surface area contributed by atoms with E-state index in [4.69, 9.17) is 0 Å². The van der Waals surface area contributed by atoms with Gasteiger partial charge >= 0.3 is 0 Å². The first-order valence-electron chi connectivity index (χ1n) is 9.11. The molecule has 0 bridgehead atoms. The zero-order valence-electron chi connectivity index (χ0n) is 14.7. The van der Waals surface area contributed by atoms with Gasteiger partial charge < -0.3 is 0 Å². The fourth-order valence-corrected chi connectivity index (χ4v) is 3.34. The zero-order valence-corrected chi connectivity index (χ0v) is 14.7. The maximum absolute atomic E-state index is 13.7. The van der Waals surface area contributed by atoms with Crippen molar-refractivity contribution < 1.29 is 4.39 Å². The van der Waals surface area contributed by atoms with Crippen molar-refractivity contribution in [3.63, 3.8) is 0 Å². The molecule has 4 rings (SSSR count). The third-order valence-corrected chi connectivity index (χ3v) is 4.79. The monoisotopic (exact) mass is 351 g/mol. The Balaban J connectivity index is 1.43. The smallest absolute Gasteiger partial charge is 0.204 e. The molecule has 1 aliphatic heterocycles. The van der Waals surface area contributed by atoms with Gasteiger partial charge in [-0.1, -0.05) is 48.9 Å². The first kappa shape index (κ1) is 16.8. The Morgan fingerprint density at radius 2 is 1.65 bits per heavy atom. The molecule has 6 heteroatoms. The molecule has 5 nitrogen and oxygen atoms in total. The SMILES string of the molecule is Fc1ccccc1Cn1nnc(-c2ccc(CN3CCCCC3)cc2)n1. The number of halogens is 1. The summed E-state index contributed by atoms with van der Waals surface area (Å²) in [6.07, 6.45) is 3.95. The van der Waals surface area contributed by atoms with Gasteiger partial charge in [-0.3, -0.25) is 4.90 Å². The molecule has 0 saturated carbocycles. The van der Waals surface area contributed by atoms with Crippen molar-refractivity contribution in [3.8, 4) is 11.4 Å². The number of likely N-dealkylation sites (tertiary alicyclic amines) is 1. The van der Waals surface area contributed by atoms with E-state index in [0.29, 0.717) is 11.4 Å². The summed E-state index contributed by atoms with van der Waals surface area (Å²) in [4.78, 5) is 3.93. The molecular weight excluding hydrogens is 329 g/mol. The van der Waals surface area contributed by atoms with Gasteiger partial charge in [0.15, 0.2) is 0 Å². The van der Waals surface area contributed by atoms with Gasteiger partial charge in [0.25, 0.3) is 0 Å². The highest BCUT2D eigenvalue weighted by atomic mass is 19.1. The number of piperidine rings is 1. The molecule has 0 spiro atoms. The van der Waals surface area contributed by atoms with E-state index in [1.807, 2.05) is 12.1 Å². The largest absolute Gasteiger partial charge is 0.299 e. The summed E-state index contributed by atoms with van der Waals surface area (Å²) in [6.45, 7) is 3.64. The molecule has 3 aromatic rings. The molecule has 134 valence electrons. The van der Waals surface area contributed by atoms with Crippen molar-refractivity contribution in [1.82, 2.24) is 25.1 Å². The van der Waals surface area contributed by atoms with E-state index in [1.165, 1.54) is 48.8 Å². The highest BCUT2D eigenvalue weighted by Crippen LogP contribution is 2.18. The number of hydrogen-bond donors (Lipinski definition) is 0. The van der Waals surface area contributed by atoms with E-state index < -0.39 is 0 Å². The van der Waals surface area contributed by atoms with Crippen LogP contribution < -0.4 is 0 Å². The third kappa shape index (κ3) is 3.96. The summed E-state index contributed by atoms with van der Waals surface area (Å²) in [5, 5.41) is 12.5. The van der Waals surface area contributed by atoms with E-state index in [1.54, 1.807) is 18.2 Å². The summed E-state index contributed by atoms with van der Waals surface area (Å²) in [5.74, 6) is 0.305. The van der Waals surface area contributed by atoms with E-state index >= 15 is 0 Å². The summed E-state index contributed by atoms with van der Waals surface area (Å²) >= 11 is 0. The minimum absolute atomic E-state index is 0.256. The predicted molar refractivity (Wildman–Crippen MR) is 97.9 cm³/mol. The van der Waals surface area contributed by atoms with Crippen molar-refractivity contribution >= 4 is 0 Å². The lowest BCUT2D eigenvalue weighted by Crippen LogP contribution is -2.28. The molecule has 26 heavy (non-hydrogen) atoms. The Morgan fingerprint density at radius 3 is 2.42 bits per heavy atom. The minimum Gasteiger partial charge on any atom is -0.299 e. The zero-order chi connectivity index (χ0) is 17.8. The topological polar surface area (TPSA) is 46.8 Å². The molecule has 0 aliphatic carbocycles. The van der Waals surface area contributed by atoms with Gasteiger partial charge in [0.1, 0.15) is 5.82 Å². The highest BCUT2D eigenvalue weighted by molar-refractivity contribution is 5.54. The van der Waals surface area contributed by atoms with Crippen LogP contribution in [0.25, 0.3) is 11.4 Å². The number of nitrogens with zero attached hydrogens (tertiary/aromatic N) is 5. The lowest BCUT2D eigenvalue weighted by molar-refractivity contribution is 0.221. The van der Waals surface area contributed by atoms with Crippen LogP contribution in [0, 0.1) is 5.82 Å². The molecule has 0 atom stereocenters. The fraction of sp³-hybridized carbons (Fsp3) is 0.350. The minimum atomic E-state index is -0.256. The Hall–Kier alpha value is -2.60. The van der Waals surface area contributed by atoms with Gasteiger partial charge in [0, 0.05) is 17.7 Å². The second-order valence-corrected chi connectivity index (χ2v) is 6.77. The quantitative estimate of drug-likeness (QED) is 0.706. The molecular formula is C20H22FN5. The van der Waals surface area contributed by atoms with Gasteiger partial charge in [-0.05, 0) is 42.8 Å². The van der Waals surface area contributed by atoms with Gasteiger partial charge in [-0.2, -0.15) is 4.80 Å². The van der Waals surface area contributed by atoms with Crippen molar-refractivity contribution in [2.45, 2.75) is 32.4 Å². The average Bonchev–Trinajstić information content (AvgIpc) is 3.14. The molecule has 2 aromatic carbocycles. The van der Waals surface area contributed by atoms with Crippen LogP contribution in [0.2, 0.25) is 0 Å². The van der Waals surface area contributed by atoms with Crippen molar-refractivity contribution in [1.29, 1.82) is 0 Å². The van der Waals surface area contributed by atoms with Gasteiger partial charge in [0.2, 0.25) is 5.82 Å². The van der Waals surface area contributed by atoms with Crippen LogP contribution in [0.15, 0.2) is 48.5 Å². The normalized spacial score (nSPS) is 15.3. The van der Waals surface area contributed by atoms with Crippen LogP contribution in [0.3, 0.4) is 0 Å². The molecule has 0 unspecified atom stereocenters.